The number of benzene rings is 3. The van der Waals surface area contributed by atoms with Gasteiger partial charge < -0.3 is 9.47 Å². The summed E-state index contributed by atoms with van der Waals surface area (Å²) in [4.78, 5) is 24.4. The first-order valence-corrected chi connectivity index (χ1v) is 11.3. The van der Waals surface area contributed by atoms with Crippen LogP contribution in [-0.2, 0) is 11.2 Å². The Balaban J connectivity index is 1.40. The zero-order valence-electron chi connectivity index (χ0n) is 18.5. The summed E-state index contributed by atoms with van der Waals surface area (Å²) < 4.78 is 11.2. The SMILES string of the molecule is Cc1cc(OCC(=O)NNC(=S)NC(=O)c2cccc(OCCc3ccccc3)c2)ccc1Cl. The van der Waals surface area contributed by atoms with Crippen molar-refractivity contribution in [2.45, 2.75) is 13.3 Å². The van der Waals surface area contributed by atoms with Crippen molar-refractivity contribution in [2.75, 3.05) is 13.2 Å². The maximum Gasteiger partial charge on any atom is 0.276 e. The second-order valence-electron chi connectivity index (χ2n) is 7.27. The molecule has 7 nitrogen and oxygen atoms in total. The summed E-state index contributed by atoms with van der Waals surface area (Å²) in [5.74, 6) is 0.176. The van der Waals surface area contributed by atoms with E-state index < -0.39 is 11.8 Å². The van der Waals surface area contributed by atoms with Gasteiger partial charge in [0.1, 0.15) is 11.5 Å². The minimum atomic E-state index is -0.474. The van der Waals surface area contributed by atoms with Crippen molar-refractivity contribution >= 4 is 40.7 Å². The Bertz CT molecular complexity index is 1160. The van der Waals surface area contributed by atoms with Gasteiger partial charge in [-0.15, -0.1) is 0 Å². The van der Waals surface area contributed by atoms with E-state index in [4.69, 9.17) is 33.3 Å². The van der Waals surface area contributed by atoms with E-state index in [2.05, 4.69) is 16.2 Å². The molecule has 0 spiro atoms. The highest BCUT2D eigenvalue weighted by Crippen LogP contribution is 2.20. The second kappa shape index (κ2) is 12.6. The Kier molecular flexibility index (Phi) is 9.25. The average Bonchev–Trinajstić information content (AvgIpc) is 2.84. The third-order valence-electron chi connectivity index (χ3n) is 4.64. The number of halogens is 1. The molecule has 0 unspecified atom stereocenters. The molecular weight excluding hydrogens is 474 g/mol. The average molecular weight is 498 g/mol. The second-order valence-corrected chi connectivity index (χ2v) is 8.08. The molecule has 0 saturated carbocycles. The number of hydrogen-bond acceptors (Lipinski definition) is 5. The zero-order chi connectivity index (χ0) is 24.3. The fourth-order valence-corrected chi connectivity index (χ4v) is 3.14. The third kappa shape index (κ3) is 8.06. The molecule has 0 aliphatic rings. The van der Waals surface area contributed by atoms with Crippen LogP contribution in [0.5, 0.6) is 11.5 Å². The molecule has 0 aliphatic heterocycles. The van der Waals surface area contributed by atoms with Crippen LogP contribution in [0.4, 0.5) is 0 Å². The highest BCUT2D eigenvalue weighted by Gasteiger charge is 2.10. The van der Waals surface area contributed by atoms with E-state index in [0.29, 0.717) is 28.7 Å². The van der Waals surface area contributed by atoms with E-state index in [-0.39, 0.29) is 11.7 Å². The number of ether oxygens (including phenoxy) is 2. The molecule has 0 bridgehead atoms. The van der Waals surface area contributed by atoms with Gasteiger partial charge in [-0.2, -0.15) is 0 Å². The monoisotopic (exact) mass is 497 g/mol. The number of hydrazine groups is 1. The summed E-state index contributed by atoms with van der Waals surface area (Å²) in [7, 11) is 0. The quantitative estimate of drug-likeness (QED) is 0.322. The van der Waals surface area contributed by atoms with Crippen molar-refractivity contribution in [2.24, 2.45) is 0 Å². The lowest BCUT2D eigenvalue weighted by Crippen LogP contribution is -2.49. The Morgan fingerprint density at radius 1 is 0.912 bits per heavy atom. The van der Waals surface area contributed by atoms with Gasteiger partial charge in [0.15, 0.2) is 11.7 Å². The van der Waals surface area contributed by atoms with Gasteiger partial charge in [0.2, 0.25) is 0 Å². The largest absolute Gasteiger partial charge is 0.493 e. The molecule has 3 rings (SSSR count). The lowest BCUT2D eigenvalue weighted by atomic mass is 10.2. The number of nitrogens with one attached hydrogen (secondary N) is 3. The van der Waals surface area contributed by atoms with Gasteiger partial charge >= 0.3 is 0 Å². The fraction of sp³-hybridized carbons (Fsp3) is 0.160. The molecule has 3 N–H and O–H groups in total. The molecule has 0 radical (unpaired) electrons. The van der Waals surface area contributed by atoms with E-state index in [1.807, 2.05) is 37.3 Å². The standard InChI is InChI=1S/C25H24ClN3O4S/c1-17-14-21(10-11-22(17)26)33-16-23(30)28-29-25(34)27-24(31)19-8-5-9-20(15-19)32-13-12-18-6-3-2-4-7-18/h2-11,14-15H,12-13,16H2,1H3,(H,28,30)(H2,27,29,31,34). The highest BCUT2D eigenvalue weighted by molar-refractivity contribution is 7.80. The van der Waals surface area contributed by atoms with Crippen molar-refractivity contribution in [1.82, 2.24) is 16.2 Å². The smallest absolute Gasteiger partial charge is 0.276 e. The van der Waals surface area contributed by atoms with Gasteiger partial charge in [0, 0.05) is 17.0 Å². The topological polar surface area (TPSA) is 88.7 Å². The molecule has 0 aliphatic carbocycles. The van der Waals surface area contributed by atoms with Crippen LogP contribution in [0.15, 0.2) is 72.8 Å². The van der Waals surface area contributed by atoms with Crippen molar-refractivity contribution < 1.29 is 19.1 Å². The van der Waals surface area contributed by atoms with E-state index in [1.54, 1.807) is 42.5 Å². The minimum absolute atomic E-state index is 0.0592. The number of carbonyl (C=O) groups excluding carboxylic acids is 2. The Morgan fingerprint density at radius 3 is 2.44 bits per heavy atom. The number of thiocarbonyl (C=S) groups is 1. The van der Waals surface area contributed by atoms with Crippen LogP contribution in [0.2, 0.25) is 5.02 Å². The van der Waals surface area contributed by atoms with Crippen LogP contribution in [0.1, 0.15) is 21.5 Å². The molecule has 34 heavy (non-hydrogen) atoms. The van der Waals surface area contributed by atoms with E-state index in [1.165, 1.54) is 5.56 Å². The first-order chi connectivity index (χ1) is 16.4. The summed E-state index contributed by atoms with van der Waals surface area (Å²) in [6.45, 7) is 2.08. The summed E-state index contributed by atoms with van der Waals surface area (Å²) in [5, 5.41) is 3.06. The lowest BCUT2D eigenvalue weighted by molar-refractivity contribution is -0.123. The van der Waals surface area contributed by atoms with Gasteiger partial charge in [-0.1, -0.05) is 48.0 Å². The Hall–Kier alpha value is -3.62. The van der Waals surface area contributed by atoms with Crippen molar-refractivity contribution in [3.8, 4) is 11.5 Å². The molecule has 3 aromatic rings. The molecule has 0 atom stereocenters. The van der Waals surface area contributed by atoms with Gasteiger partial charge in [-0.05, 0) is 66.7 Å². The summed E-state index contributed by atoms with van der Waals surface area (Å²) in [5.41, 5.74) is 7.22. The van der Waals surface area contributed by atoms with Gasteiger partial charge in [0.25, 0.3) is 11.8 Å². The molecule has 0 heterocycles. The number of aryl methyl sites for hydroxylation is 1. The normalized spacial score (nSPS) is 10.2. The van der Waals surface area contributed by atoms with Crippen molar-refractivity contribution in [1.29, 1.82) is 0 Å². The van der Waals surface area contributed by atoms with Crippen LogP contribution in [0.3, 0.4) is 0 Å². The first kappa shape index (κ1) is 25.0. The minimum Gasteiger partial charge on any atom is -0.493 e. The van der Waals surface area contributed by atoms with Gasteiger partial charge in [-0.3, -0.25) is 25.8 Å². The van der Waals surface area contributed by atoms with Crippen LogP contribution in [0, 0.1) is 6.92 Å². The van der Waals surface area contributed by atoms with Crippen LogP contribution < -0.4 is 25.6 Å². The van der Waals surface area contributed by atoms with E-state index in [0.717, 1.165) is 12.0 Å². The number of hydrogen-bond donors (Lipinski definition) is 3. The van der Waals surface area contributed by atoms with E-state index in [9.17, 15) is 9.59 Å². The molecule has 176 valence electrons. The summed E-state index contributed by atoms with van der Waals surface area (Å²) in [6, 6.07) is 21.8. The predicted molar refractivity (Wildman–Crippen MR) is 135 cm³/mol. The fourth-order valence-electron chi connectivity index (χ4n) is 2.88. The maximum atomic E-state index is 12.5. The summed E-state index contributed by atoms with van der Waals surface area (Å²) in [6.07, 6.45) is 0.756. The molecule has 9 heteroatoms. The van der Waals surface area contributed by atoms with Crippen LogP contribution in [-0.4, -0.2) is 30.1 Å². The summed E-state index contributed by atoms with van der Waals surface area (Å²) >= 11 is 11.0. The number of rotatable bonds is 8. The van der Waals surface area contributed by atoms with Gasteiger partial charge in [0.05, 0.1) is 6.61 Å². The predicted octanol–water partition coefficient (Wildman–Crippen LogP) is 3.98. The molecule has 0 fully saturated rings. The van der Waals surface area contributed by atoms with E-state index >= 15 is 0 Å². The van der Waals surface area contributed by atoms with Crippen molar-refractivity contribution in [3.63, 3.8) is 0 Å². The Labute approximate surface area is 208 Å². The zero-order valence-corrected chi connectivity index (χ0v) is 20.0. The van der Waals surface area contributed by atoms with Crippen LogP contribution in [0.25, 0.3) is 0 Å². The number of carbonyl (C=O) groups is 2. The van der Waals surface area contributed by atoms with Crippen molar-refractivity contribution in [3.05, 3.63) is 94.5 Å². The Morgan fingerprint density at radius 2 is 1.68 bits per heavy atom. The van der Waals surface area contributed by atoms with Gasteiger partial charge in [-0.25, -0.2) is 0 Å². The molecule has 0 saturated heterocycles. The molecular formula is C25H24ClN3O4S. The lowest BCUT2D eigenvalue weighted by Gasteiger charge is -2.12. The first-order valence-electron chi connectivity index (χ1n) is 10.5. The highest BCUT2D eigenvalue weighted by atomic mass is 35.5. The third-order valence-corrected chi connectivity index (χ3v) is 5.27. The number of amides is 2. The maximum absolute atomic E-state index is 12.5. The molecule has 0 aromatic heterocycles. The van der Waals surface area contributed by atoms with Crippen LogP contribution >= 0.6 is 23.8 Å². The molecule has 2 amide bonds. The molecule has 3 aromatic carbocycles.